The number of nitrogens with one attached hydrogen (secondary N) is 1. The second-order valence-electron chi connectivity index (χ2n) is 1.74. The SMILES string of the molecule is COC(=O)Nc1cncnc1. The molecule has 0 radical (unpaired) electrons. The first-order chi connectivity index (χ1) is 5.33. The summed E-state index contributed by atoms with van der Waals surface area (Å²) in [6.45, 7) is 0. The average molecular weight is 153 g/mol. The molecule has 0 bridgehead atoms. The van der Waals surface area contributed by atoms with Crippen LogP contribution in [0.3, 0.4) is 0 Å². The Morgan fingerprint density at radius 3 is 2.73 bits per heavy atom. The highest BCUT2D eigenvalue weighted by Gasteiger charge is 1.98. The van der Waals surface area contributed by atoms with Gasteiger partial charge in [0.25, 0.3) is 0 Å². The molecule has 0 saturated heterocycles. The Morgan fingerprint density at radius 2 is 2.18 bits per heavy atom. The summed E-state index contributed by atoms with van der Waals surface area (Å²) in [7, 11) is 1.29. The highest BCUT2D eigenvalue weighted by atomic mass is 16.5. The predicted octanol–water partition coefficient (Wildman–Crippen LogP) is 0.655. The molecule has 1 rings (SSSR count). The van der Waals surface area contributed by atoms with E-state index in [0.717, 1.165) is 0 Å². The van der Waals surface area contributed by atoms with Crippen molar-refractivity contribution in [1.29, 1.82) is 0 Å². The first-order valence-electron chi connectivity index (χ1n) is 2.93. The minimum atomic E-state index is -0.528. The van der Waals surface area contributed by atoms with Gasteiger partial charge in [-0.05, 0) is 0 Å². The van der Waals surface area contributed by atoms with Crippen molar-refractivity contribution in [3.63, 3.8) is 0 Å². The highest BCUT2D eigenvalue weighted by molar-refractivity contribution is 5.83. The number of rotatable bonds is 1. The maximum atomic E-state index is 10.6. The molecule has 0 fully saturated rings. The highest BCUT2D eigenvalue weighted by Crippen LogP contribution is 1.99. The Labute approximate surface area is 63.4 Å². The van der Waals surface area contributed by atoms with Gasteiger partial charge in [-0.25, -0.2) is 14.8 Å². The van der Waals surface area contributed by atoms with Crippen LogP contribution in [0.25, 0.3) is 0 Å². The summed E-state index contributed by atoms with van der Waals surface area (Å²) in [4.78, 5) is 18.0. The average Bonchev–Trinajstić information content (AvgIpc) is 2.06. The lowest BCUT2D eigenvalue weighted by Crippen LogP contribution is -2.11. The second-order valence-corrected chi connectivity index (χ2v) is 1.74. The van der Waals surface area contributed by atoms with Crippen LogP contribution in [0.4, 0.5) is 10.5 Å². The van der Waals surface area contributed by atoms with Crippen molar-refractivity contribution in [2.75, 3.05) is 12.4 Å². The lowest BCUT2D eigenvalue weighted by atomic mass is 10.5. The van der Waals surface area contributed by atoms with Gasteiger partial charge in [0.15, 0.2) is 0 Å². The molecule has 5 heteroatoms. The number of aromatic nitrogens is 2. The van der Waals surface area contributed by atoms with Crippen LogP contribution in [0.2, 0.25) is 0 Å². The van der Waals surface area contributed by atoms with Crippen LogP contribution >= 0.6 is 0 Å². The van der Waals surface area contributed by atoms with Crippen molar-refractivity contribution in [2.45, 2.75) is 0 Å². The van der Waals surface area contributed by atoms with Crippen molar-refractivity contribution in [3.05, 3.63) is 18.7 Å². The fourth-order valence-electron chi connectivity index (χ4n) is 0.533. The van der Waals surface area contributed by atoms with Crippen LogP contribution in [0.15, 0.2) is 18.7 Å². The summed E-state index contributed by atoms with van der Waals surface area (Å²) in [6, 6.07) is 0. The van der Waals surface area contributed by atoms with Crippen molar-refractivity contribution >= 4 is 11.8 Å². The molecular weight excluding hydrogens is 146 g/mol. The lowest BCUT2D eigenvalue weighted by Gasteiger charge is -1.99. The van der Waals surface area contributed by atoms with Crippen molar-refractivity contribution < 1.29 is 9.53 Å². The molecule has 0 aliphatic heterocycles. The van der Waals surface area contributed by atoms with E-state index in [4.69, 9.17) is 0 Å². The van der Waals surface area contributed by atoms with E-state index < -0.39 is 6.09 Å². The molecule has 1 amide bonds. The fraction of sp³-hybridized carbons (Fsp3) is 0.167. The number of hydrogen-bond donors (Lipinski definition) is 1. The van der Waals surface area contributed by atoms with Crippen molar-refractivity contribution in [3.8, 4) is 0 Å². The van der Waals surface area contributed by atoms with Crippen LogP contribution in [0, 0.1) is 0 Å². The van der Waals surface area contributed by atoms with Crippen LogP contribution < -0.4 is 5.32 Å². The van der Waals surface area contributed by atoms with Gasteiger partial charge < -0.3 is 4.74 Å². The molecule has 0 aliphatic rings. The van der Waals surface area contributed by atoms with E-state index in [1.54, 1.807) is 0 Å². The van der Waals surface area contributed by atoms with Crippen LogP contribution in [-0.4, -0.2) is 23.2 Å². The van der Waals surface area contributed by atoms with E-state index in [0.29, 0.717) is 5.69 Å². The summed E-state index contributed by atoms with van der Waals surface area (Å²) >= 11 is 0. The summed E-state index contributed by atoms with van der Waals surface area (Å²) in [6.07, 6.45) is 3.80. The predicted molar refractivity (Wildman–Crippen MR) is 38.1 cm³/mol. The van der Waals surface area contributed by atoms with E-state index in [1.165, 1.54) is 25.8 Å². The van der Waals surface area contributed by atoms with Crippen LogP contribution in [-0.2, 0) is 4.74 Å². The number of methoxy groups -OCH3 is 1. The number of carbonyl (C=O) groups excluding carboxylic acids is 1. The molecule has 0 aliphatic carbocycles. The first kappa shape index (κ1) is 7.46. The molecule has 0 saturated carbocycles. The van der Waals surface area contributed by atoms with Gasteiger partial charge in [-0.15, -0.1) is 0 Å². The Bertz CT molecular complexity index is 237. The smallest absolute Gasteiger partial charge is 0.411 e. The molecule has 1 heterocycles. The Kier molecular flexibility index (Phi) is 2.37. The van der Waals surface area contributed by atoms with Gasteiger partial charge in [0.2, 0.25) is 0 Å². The second kappa shape index (κ2) is 3.50. The van der Waals surface area contributed by atoms with E-state index >= 15 is 0 Å². The Morgan fingerprint density at radius 1 is 1.55 bits per heavy atom. The zero-order chi connectivity index (χ0) is 8.10. The van der Waals surface area contributed by atoms with Gasteiger partial charge in [0.05, 0.1) is 25.2 Å². The van der Waals surface area contributed by atoms with Gasteiger partial charge in [-0.2, -0.15) is 0 Å². The van der Waals surface area contributed by atoms with Gasteiger partial charge in [0.1, 0.15) is 6.33 Å². The molecule has 0 aromatic carbocycles. The number of anilines is 1. The van der Waals surface area contributed by atoms with Gasteiger partial charge in [-0.3, -0.25) is 5.32 Å². The number of nitrogens with zero attached hydrogens (tertiary/aromatic N) is 2. The summed E-state index contributed by atoms with van der Waals surface area (Å²) in [5.41, 5.74) is 0.513. The molecule has 0 atom stereocenters. The summed E-state index contributed by atoms with van der Waals surface area (Å²) < 4.78 is 4.35. The molecule has 0 spiro atoms. The summed E-state index contributed by atoms with van der Waals surface area (Å²) in [5, 5.41) is 2.41. The number of carbonyl (C=O) groups is 1. The third-order valence-corrected chi connectivity index (χ3v) is 0.992. The molecule has 58 valence electrons. The molecular formula is C6H7N3O2. The zero-order valence-corrected chi connectivity index (χ0v) is 5.94. The minimum absolute atomic E-state index is 0.513. The first-order valence-corrected chi connectivity index (χ1v) is 2.93. The molecule has 1 N–H and O–H groups in total. The normalized spacial score (nSPS) is 8.82. The number of ether oxygens (including phenoxy) is 1. The molecule has 5 nitrogen and oxygen atoms in total. The molecule has 0 unspecified atom stereocenters. The van der Waals surface area contributed by atoms with E-state index in [1.807, 2.05) is 0 Å². The van der Waals surface area contributed by atoms with Gasteiger partial charge in [-0.1, -0.05) is 0 Å². The van der Waals surface area contributed by atoms with E-state index in [-0.39, 0.29) is 0 Å². The van der Waals surface area contributed by atoms with Crippen LogP contribution in [0.1, 0.15) is 0 Å². The van der Waals surface area contributed by atoms with Crippen molar-refractivity contribution in [1.82, 2.24) is 9.97 Å². The van der Waals surface area contributed by atoms with Crippen LogP contribution in [0.5, 0.6) is 0 Å². The van der Waals surface area contributed by atoms with Gasteiger partial charge in [0, 0.05) is 0 Å². The fourth-order valence-corrected chi connectivity index (χ4v) is 0.533. The Hall–Kier alpha value is -1.65. The van der Waals surface area contributed by atoms with E-state index in [2.05, 4.69) is 20.0 Å². The standard InChI is InChI=1S/C6H7N3O2/c1-11-6(10)9-5-2-7-4-8-3-5/h2-4H,1H3,(H,9,10). The summed E-state index contributed by atoms with van der Waals surface area (Å²) in [5.74, 6) is 0. The minimum Gasteiger partial charge on any atom is -0.453 e. The third-order valence-electron chi connectivity index (χ3n) is 0.992. The van der Waals surface area contributed by atoms with Gasteiger partial charge >= 0.3 is 6.09 Å². The molecule has 11 heavy (non-hydrogen) atoms. The maximum absolute atomic E-state index is 10.6. The third kappa shape index (κ3) is 2.21. The number of amides is 1. The monoisotopic (exact) mass is 153 g/mol. The van der Waals surface area contributed by atoms with E-state index in [9.17, 15) is 4.79 Å². The maximum Gasteiger partial charge on any atom is 0.411 e. The Balaban J connectivity index is 2.58. The van der Waals surface area contributed by atoms with Crippen molar-refractivity contribution in [2.24, 2.45) is 0 Å². The lowest BCUT2D eigenvalue weighted by molar-refractivity contribution is 0.187. The topological polar surface area (TPSA) is 64.1 Å². The number of hydrogen-bond acceptors (Lipinski definition) is 4. The quantitative estimate of drug-likeness (QED) is 0.643. The molecule has 1 aromatic heterocycles. The molecule has 1 aromatic rings. The zero-order valence-electron chi connectivity index (χ0n) is 5.94. The largest absolute Gasteiger partial charge is 0.453 e.